The average Bonchev–Trinajstić information content (AvgIpc) is 2.60. The highest BCUT2D eigenvalue weighted by Crippen LogP contribution is 2.11. The van der Waals surface area contributed by atoms with E-state index in [1.165, 1.54) is 36.0 Å². The maximum absolute atomic E-state index is 13.2. The number of hydrogen-bond acceptors (Lipinski definition) is 4. The molecular weight excluding hydrogens is 319 g/mol. The highest BCUT2D eigenvalue weighted by atomic mass is 19.1. The third-order valence-corrected chi connectivity index (χ3v) is 3.50. The fraction of sp³-hybridized carbons (Fsp3) is 0.105. The van der Waals surface area contributed by atoms with Crippen LogP contribution in [0.25, 0.3) is 0 Å². The van der Waals surface area contributed by atoms with E-state index in [-0.39, 0.29) is 5.69 Å². The Hall–Kier alpha value is -3.28. The molecule has 126 valence electrons. The molecule has 0 saturated carbocycles. The van der Waals surface area contributed by atoms with Crippen LogP contribution >= 0.6 is 0 Å². The summed E-state index contributed by atoms with van der Waals surface area (Å²) in [4.78, 5) is 20.6. The number of carbonyl (C=O) groups is 1. The molecular formula is C19H17FN4O. The Labute approximate surface area is 145 Å². The topological polar surface area (TPSA) is 66.9 Å². The summed E-state index contributed by atoms with van der Waals surface area (Å²) in [7, 11) is 0. The summed E-state index contributed by atoms with van der Waals surface area (Å²) in [5.41, 5.74) is 2.84. The zero-order valence-corrected chi connectivity index (χ0v) is 13.7. The molecule has 1 aromatic heterocycles. The standard InChI is InChI=1S/C19H17FN4O/c1-13-4-2-5-14(10-13)12-22-19-21-9-8-17(24-19)18(25)23-16-7-3-6-15(20)11-16/h2-11H,12H2,1H3,(H,23,25)(H,21,22,24). The van der Waals surface area contributed by atoms with Crippen molar-refractivity contribution < 1.29 is 9.18 Å². The Morgan fingerprint density at radius 3 is 2.76 bits per heavy atom. The summed E-state index contributed by atoms with van der Waals surface area (Å²) in [6, 6.07) is 15.3. The van der Waals surface area contributed by atoms with Gasteiger partial charge in [-0.25, -0.2) is 14.4 Å². The Morgan fingerprint density at radius 2 is 1.96 bits per heavy atom. The molecule has 0 unspecified atom stereocenters. The summed E-state index contributed by atoms with van der Waals surface area (Å²) in [5, 5.41) is 5.70. The van der Waals surface area contributed by atoms with Crippen molar-refractivity contribution in [3.05, 3.63) is 83.4 Å². The molecule has 0 aliphatic heterocycles. The molecule has 25 heavy (non-hydrogen) atoms. The maximum atomic E-state index is 13.2. The van der Waals surface area contributed by atoms with E-state index in [0.29, 0.717) is 18.2 Å². The Balaban J connectivity index is 1.67. The van der Waals surface area contributed by atoms with Crippen molar-refractivity contribution in [1.82, 2.24) is 9.97 Å². The van der Waals surface area contributed by atoms with Crippen LogP contribution in [-0.2, 0) is 6.54 Å². The van der Waals surface area contributed by atoms with Crippen molar-refractivity contribution in [3.8, 4) is 0 Å². The number of hydrogen-bond donors (Lipinski definition) is 2. The fourth-order valence-electron chi connectivity index (χ4n) is 2.33. The normalized spacial score (nSPS) is 10.3. The van der Waals surface area contributed by atoms with E-state index in [2.05, 4.69) is 26.7 Å². The van der Waals surface area contributed by atoms with Gasteiger partial charge in [0.1, 0.15) is 11.5 Å². The van der Waals surface area contributed by atoms with Gasteiger partial charge in [0.25, 0.3) is 5.91 Å². The van der Waals surface area contributed by atoms with E-state index in [0.717, 1.165) is 5.56 Å². The smallest absolute Gasteiger partial charge is 0.274 e. The van der Waals surface area contributed by atoms with Crippen molar-refractivity contribution in [2.45, 2.75) is 13.5 Å². The minimum atomic E-state index is -0.424. The largest absolute Gasteiger partial charge is 0.350 e. The lowest BCUT2D eigenvalue weighted by Gasteiger charge is -2.08. The molecule has 2 aromatic carbocycles. The molecule has 0 aliphatic rings. The first-order valence-electron chi connectivity index (χ1n) is 7.79. The van der Waals surface area contributed by atoms with Crippen LogP contribution in [0.3, 0.4) is 0 Å². The highest BCUT2D eigenvalue weighted by molar-refractivity contribution is 6.02. The third kappa shape index (κ3) is 4.60. The van der Waals surface area contributed by atoms with Gasteiger partial charge in [-0.1, -0.05) is 35.9 Å². The van der Waals surface area contributed by atoms with E-state index >= 15 is 0 Å². The molecule has 0 aliphatic carbocycles. The molecule has 0 saturated heterocycles. The van der Waals surface area contributed by atoms with Gasteiger partial charge in [-0.2, -0.15) is 0 Å². The average molecular weight is 336 g/mol. The number of amides is 1. The van der Waals surface area contributed by atoms with Crippen molar-refractivity contribution in [2.24, 2.45) is 0 Å². The van der Waals surface area contributed by atoms with Crippen LogP contribution in [0.15, 0.2) is 60.8 Å². The second-order valence-electron chi connectivity index (χ2n) is 5.57. The number of aromatic nitrogens is 2. The molecule has 1 amide bonds. The molecule has 2 N–H and O–H groups in total. The van der Waals surface area contributed by atoms with Gasteiger partial charge in [-0.3, -0.25) is 4.79 Å². The maximum Gasteiger partial charge on any atom is 0.274 e. The van der Waals surface area contributed by atoms with E-state index in [4.69, 9.17) is 0 Å². The molecule has 1 heterocycles. The van der Waals surface area contributed by atoms with Crippen LogP contribution < -0.4 is 10.6 Å². The van der Waals surface area contributed by atoms with Crippen LogP contribution in [0.1, 0.15) is 21.6 Å². The predicted molar refractivity (Wildman–Crippen MR) is 94.9 cm³/mol. The fourth-order valence-corrected chi connectivity index (χ4v) is 2.33. The minimum Gasteiger partial charge on any atom is -0.350 e. The molecule has 0 atom stereocenters. The quantitative estimate of drug-likeness (QED) is 0.744. The number of anilines is 2. The van der Waals surface area contributed by atoms with Crippen LogP contribution in [0.5, 0.6) is 0 Å². The zero-order chi connectivity index (χ0) is 17.6. The third-order valence-electron chi connectivity index (χ3n) is 3.50. The van der Waals surface area contributed by atoms with E-state index in [1.54, 1.807) is 6.07 Å². The molecule has 0 spiro atoms. The van der Waals surface area contributed by atoms with Gasteiger partial charge < -0.3 is 10.6 Å². The van der Waals surface area contributed by atoms with Crippen LogP contribution in [0, 0.1) is 12.7 Å². The number of halogens is 1. The van der Waals surface area contributed by atoms with Gasteiger partial charge in [-0.15, -0.1) is 0 Å². The van der Waals surface area contributed by atoms with Crippen molar-refractivity contribution in [3.63, 3.8) is 0 Å². The highest BCUT2D eigenvalue weighted by Gasteiger charge is 2.09. The summed E-state index contributed by atoms with van der Waals surface area (Å²) < 4.78 is 13.2. The zero-order valence-electron chi connectivity index (χ0n) is 13.7. The molecule has 3 aromatic rings. The van der Waals surface area contributed by atoms with Crippen LogP contribution in [-0.4, -0.2) is 15.9 Å². The van der Waals surface area contributed by atoms with Gasteiger partial charge in [0.15, 0.2) is 0 Å². The first kappa shape index (κ1) is 16.6. The Bertz CT molecular complexity index is 898. The van der Waals surface area contributed by atoms with Gasteiger partial charge in [0, 0.05) is 18.4 Å². The summed E-state index contributed by atoms with van der Waals surface area (Å²) in [6.07, 6.45) is 1.51. The molecule has 0 fully saturated rings. The number of carbonyl (C=O) groups excluding carboxylic acids is 1. The number of aryl methyl sites for hydroxylation is 1. The van der Waals surface area contributed by atoms with Gasteiger partial charge in [0.2, 0.25) is 5.95 Å². The van der Waals surface area contributed by atoms with Crippen molar-refractivity contribution in [2.75, 3.05) is 10.6 Å². The van der Waals surface area contributed by atoms with E-state index < -0.39 is 11.7 Å². The number of nitrogens with zero attached hydrogens (tertiary/aromatic N) is 2. The van der Waals surface area contributed by atoms with E-state index in [9.17, 15) is 9.18 Å². The number of benzene rings is 2. The first-order chi connectivity index (χ1) is 12.1. The van der Waals surface area contributed by atoms with Crippen LogP contribution in [0.4, 0.5) is 16.0 Å². The molecule has 5 nitrogen and oxygen atoms in total. The molecule has 0 bridgehead atoms. The second-order valence-corrected chi connectivity index (χ2v) is 5.57. The van der Waals surface area contributed by atoms with Gasteiger partial charge in [-0.05, 0) is 36.8 Å². The first-order valence-corrected chi connectivity index (χ1v) is 7.79. The lowest BCUT2D eigenvalue weighted by Crippen LogP contribution is -2.15. The lowest BCUT2D eigenvalue weighted by molar-refractivity contribution is 0.102. The number of rotatable bonds is 5. The SMILES string of the molecule is Cc1cccc(CNc2nccc(C(=O)Nc3cccc(F)c3)n2)c1. The van der Waals surface area contributed by atoms with Crippen molar-refractivity contribution in [1.29, 1.82) is 0 Å². The van der Waals surface area contributed by atoms with Gasteiger partial charge >= 0.3 is 0 Å². The molecule has 6 heteroatoms. The summed E-state index contributed by atoms with van der Waals surface area (Å²) in [5.74, 6) is -0.485. The van der Waals surface area contributed by atoms with E-state index in [1.807, 2.05) is 25.1 Å². The second kappa shape index (κ2) is 7.53. The number of nitrogens with one attached hydrogen (secondary N) is 2. The minimum absolute atomic E-state index is 0.200. The van der Waals surface area contributed by atoms with Gasteiger partial charge in [0.05, 0.1) is 0 Å². The summed E-state index contributed by atoms with van der Waals surface area (Å²) in [6.45, 7) is 2.58. The lowest BCUT2D eigenvalue weighted by atomic mass is 10.1. The monoisotopic (exact) mass is 336 g/mol. The Morgan fingerprint density at radius 1 is 1.12 bits per heavy atom. The molecule has 3 rings (SSSR count). The Kier molecular flexibility index (Phi) is 4.99. The molecule has 0 radical (unpaired) electrons. The van der Waals surface area contributed by atoms with Crippen LogP contribution in [0.2, 0.25) is 0 Å². The predicted octanol–water partition coefficient (Wildman–Crippen LogP) is 3.79. The summed E-state index contributed by atoms with van der Waals surface area (Å²) >= 11 is 0. The van der Waals surface area contributed by atoms with Crippen molar-refractivity contribution >= 4 is 17.5 Å².